The molecule has 1 amide bonds. The van der Waals surface area contributed by atoms with Crippen LogP contribution in [0.1, 0.15) is 53.4 Å². The van der Waals surface area contributed by atoms with Crippen LogP contribution >= 0.6 is 11.3 Å². The molecule has 3 unspecified atom stereocenters. The lowest BCUT2D eigenvalue weighted by Gasteiger charge is -2.21. The highest BCUT2D eigenvalue weighted by atomic mass is 32.1. The molecule has 0 aromatic carbocycles. The van der Waals surface area contributed by atoms with E-state index in [4.69, 9.17) is 0 Å². The van der Waals surface area contributed by atoms with E-state index in [1.54, 1.807) is 11.3 Å². The third kappa shape index (κ3) is 2.63. The summed E-state index contributed by atoms with van der Waals surface area (Å²) in [5.41, 5.74) is 2.17. The number of hydrogen-bond donors (Lipinski definition) is 2. The summed E-state index contributed by atoms with van der Waals surface area (Å²) in [6.45, 7) is 2.47. The van der Waals surface area contributed by atoms with Gasteiger partial charge in [-0.2, -0.15) is 0 Å². The van der Waals surface area contributed by atoms with E-state index in [-0.39, 0.29) is 24.5 Å². The number of carbonyl (C=O) groups excluding carboxylic acids is 1. The average Bonchev–Trinajstić information content (AvgIpc) is 3.04. The third-order valence-electron chi connectivity index (χ3n) is 4.86. The average molecular weight is 293 g/mol. The summed E-state index contributed by atoms with van der Waals surface area (Å²) in [5.74, 6) is 1.06. The van der Waals surface area contributed by atoms with Crippen molar-refractivity contribution in [2.75, 3.05) is 6.61 Å². The number of hydrogen-bond acceptors (Lipinski definition) is 3. The van der Waals surface area contributed by atoms with Crippen molar-refractivity contribution < 1.29 is 9.90 Å². The number of carbonyl (C=O) groups is 1. The summed E-state index contributed by atoms with van der Waals surface area (Å²) in [4.78, 5) is 13.9. The van der Waals surface area contributed by atoms with Gasteiger partial charge in [0.25, 0.3) is 5.91 Å². The number of fused-ring (bicyclic) bond motifs is 1. The van der Waals surface area contributed by atoms with E-state index < -0.39 is 0 Å². The predicted molar refractivity (Wildman–Crippen MR) is 81.2 cm³/mol. The molecule has 110 valence electrons. The Morgan fingerprint density at radius 1 is 1.45 bits per heavy atom. The smallest absolute Gasteiger partial charge is 0.252 e. The first-order valence-corrected chi connectivity index (χ1v) is 8.58. The van der Waals surface area contributed by atoms with Gasteiger partial charge in [-0.3, -0.25) is 4.79 Å². The van der Waals surface area contributed by atoms with Gasteiger partial charge in [0.05, 0.1) is 5.56 Å². The van der Waals surface area contributed by atoms with Crippen LogP contribution in [-0.2, 0) is 12.8 Å². The largest absolute Gasteiger partial charge is 0.396 e. The minimum Gasteiger partial charge on any atom is -0.396 e. The number of aliphatic hydroxyl groups excluding tert-OH is 1. The molecular formula is C16H23NO2S. The first-order valence-electron chi connectivity index (χ1n) is 7.70. The second kappa shape index (κ2) is 5.86. The van der Waals surface area contributed by atoms with Crippen LogP contribution < -0.4 is 5.32 Å². The second-order valence-electron chi connectivity index (χ2n) is 6.35. The molecule has 0 spiro atoms. The van der Waals surface area contributed by atoms with Crippen molar-refractivity contribution in [3.8, 4) is 0 Å². The van der Waals surface area contributed by atoms with E-state index in [2.05, 4.69) is 12.2 Å². The lowest BCUT2D eigenvalue weighted by Crippen LogP contribution is -2.38. The molecule has 4 heteroatoms. The Labute approximate surface area is 124 Å². The van der Waals surface area contributed by atoms with Crippen molar-refractivity contribution in [3.05, 3.63) is 21.4 Å². The fourth-order valence-electron chi connectivity index (χ4n) is 3.56. The first-order chi connectivity index (χ1) is 9.69. The van der Waals surface area contributed by atoms with Crippen LogP contribution in [0.15, 0.2) is 5.38 Å². The van der Waals surface area contributed by atoms with Crippen molar-refractivity contribution in [1.29, 1.82) is 0 Å². The highest BCUT2D eigenvalue weighted by molar-refractivity contribution is 7.10. The van der Waals surface area contributed by atoms with E-state index in [0.717, 1.165) is 43.6 Å². The Balaban J connectivity index is 1.72. The molecule has 0 aliphatic heterocycles. The van der Waals surface area contributed by atoms with Gasteiger partial charge in [-0.25, -0.2) is 0 Å². The Kier molecular flexibility index (Phi) is 4.13. The molecule has 3 nitrogen and oxygen atoms in total. The van der Waals surface area contributed by atoms with Gasteiger partial charge in [0.2, 0.25) is 0 Å². The molecule has 0 radical (unpaired) electrons. The van der Waals surface area contributed by atoms with Crippen molar-refractivity contribution >= 4 is 17.2 Å². The monoisotopic (exact) mass is 293 g/mol. The standard InChI is InChI=1S/C16H23NO2S/c1-10-5-6-12-13(9-20-15(12)7-10)16(19)17-14-4-2-3-11(14)8-18/h9-11,14,18H,2-8H2,1H3,(H,17,19). The molecule has 3 rings (SSSR count). The summed E-state index contributed by atoms with van der Waals surface area (Å²) >= 11 is 1.74. The van der Waals surface area contributed by atoms with Gasteiger partial charge >= 0.3 is 0 Å². The van der Waals surface area contributed by atoms with E-state index in [0.29, 0.717) is 0 Å². The summed E-state index contributed by atoms with van der Waals surface area (Å²) in [6, 6.07) is 0.158. The molecule has 0 bridgehead atoms. The van der Waals surface area contributed by atoms with Crippen LogP contribution in [0.2, 0.25) is 0 Å². The van der Waals surface area contributed by atoms with Crippen LogP contribution in [0, 0.1) is 11.8 Å². The van der Waals surface area contributed by atoms with Crippen molar-refractivity contribution in [2.24, 2.45) is 11.8 Å². The fourth-order valence-corrected chi connectivity index (χ4v) is 4.80. The van der Waals surface area contributed by atoms with Gasteiger partial charge in [0.15, 0.2) is 0 Å². The zero-order chi connectivity index (χ0) is 14.1. The minimum absolute atomic E-state index is 0.0717. The van der Waals surface area contributed by atoms with E-state index in [1.165, 1.54) is 16.9 Å². The zero-order valence-electron chi connectivity index (χ0n) is 12.0. The number of nitrogens with one attached hydrogen (secondary N) is 1. The Hall–Kier alpha value is -0.870. The van der Waals surface area contributed by atoms with Crippen molar-refractivity contribution in [2.45, 2.75) is 51.5 Å². The Morgan fingerprint density at radius 2 is 2.30 bits per heavy atom. The second-order valence-corrected chi connectivity index (χ2v) is 7.32. The van der Waals surface area contributed by atoms with Gasteiger partial charge in [0, 0.05) is 28.8 Å². The van der Waals surface area contributed by atoms with Crippen molar-refractivity contribution in [3.63, 3.8) is 0 Å². The maximum absolute atomic E-state index is 12.5. The molecule has 1 fully saturated rings. The SMILES string of the molecule is CC1CCc2c(C(=O)NC3CCCC3CO)csc2C1. The molecule has 2 aliphatic carbocycles. The van der Waals surface area contributed by atoms with Crippen LogP contribution in [0.25, 0.3) is 0 Å². The molecule has 0 saturated heterocycles. The van der Waals surface area contributed by atoms with Gasteiger partial charge in [-0.1, -0.05) is 13.3 Å². The van der Waals surface area contributed by atoms with E-state index in [9.17, 15) is 9.90 Å². The molecule has 1 heterocycles. The normalized spacial score (nSPS) is 29.2. The third-order valence-corrected chi connectivity index (χ3v) is 5.91. The van der Waals surface area contributed by atoms with Gasteiger partial charge < -0.3 is 10.4 Å². The predicted octanol–water partition coefficient (Wildman–Crippen LogP) is 2.76. The number of rotatable bonds is 3. The molecule has 20 heavy (non-hydrogen) atoms. The number of amides is 1. The summed E-state index contributed by atoms with van der Waals surface area (Å²) in [5, 5.41) is 14.5. The van der Waals surface area contributed by atoms with Gasteiger partial charge in [-0.15, -0.1) is 11.3 Å². The summed E-state index contributed by atoms with van der Waals surface area (Å²) < 4.78 is 0. The fraction of sp³-hybridized carbons (Fsp3) is 0.688. The maximum Gasteiger partial charge on any atom is 0.252 e. The van der Waals surface area contributed by atoms with Crippen LogP contribution in [0.3, 0.4) is 0 Å². The molecule has 2 aliphatic rings. The molecule has 1 saturated carbocycles. The highest BCUT2D eigenvalue weighted by Gasteiger charge is 2.30. The number of aliphatic hydroxyl groups is 1. The zero-order valence-corrected chi connectivity index (χ0v) is 12.8. The first kappa shape index (κ1) is 14.1. The topological polar surface area (TPSA) is 49.3 Å². The quantitative estimate of drug-likeness (QED) is 0.900. The number of thiophene rings is 1. The van der Waals surface area contributed by atoms with Crippen LogP contribution in [0.4, 0.5) is 0 Å². The Bertz CT molecular complexity index is 497. The molecule has 1 aromatic rings. The lowest BCUT2D eigenvalue weighted by molar-refractivity contribution is 0.0915. The molecule has 3 atom stereocenters. The molecular weight excluding hydrogens is 270 g/mol. The van der Waals surface area contributed by atoms with Gasteiger partial charge in [0.1, 0.15) is 0 Å². The van der Waals surface area contributed by atoms with E-state index >= 15 is 0 Å². The lowest BCUT2D eigenvalue weighted by atomic mass is 9.88. The summed E-state index contributed by atoms with van der Waals surface area (Å²) in [6.07, 6.45) is 6.48. The van der Waals surface area contributed by atoms with Crippen molar-refractivity contribution in [1.82, 2.24) is 5.32 Å². The van der Waals surface area contributed by atoms with E-state index in [1.807, 2.05) is 5.38 Å². The molecule has 2 N–H and O–H groups in total. The Morgan fingerprint density at radius 3 is 3.10 bits per heavy atom. The maximum atomic E-state index is 12.5. The van der Waals surface area contributed by atoms with Crippen LogP contribution in [0.5, 0.6) is 0 Å². The molecule has 1 aromatic heterocycles. The highest BCUT2D eigenvalue weighted by Crippen LogP contribution is 2.33. The van der Waals surface area contributed by atoms with Crippen LogP contribution in [-0.4, -0.2) is 23.7 Å². The minimum atomic E-state index is 0.0717. The summed E-state index contributed by atoms with van der Waals surface area (Å²) in [7, 11) is 0. The van der Waals surface area contributed by atoms with Gasteiger partial charge in [-0.05, 0) is 43.6 Å².